The summed E-state index contributed by atoms with van der Waals surface area (Å²) in [6, 6.07) is 8.95. The third-order valence-electron chi connectivity index (χ3n) is 6.16. The van der Waals surface area contributed by atoms with Crippen molar-refractivity contribution in [2.75, 3.05) is 31.6 Å². The summed E-state index contributed by atoms with van der Waals surface area (Å²) < 4.78 is 5.49. The van der Waals surface area contributed by atoms with Crippen molar-refractivity contribution >= 4 is 16.7 Å². The molecule has 1 saturated carbocycles. The number of hydrogen-bond donors (Lipinski definition) is 2. The number of rotatable bonds is 4. The highest BCUT2D eigenvalue weighted by Gasteiger charge is 2.27. The molecule has 1 aliphatic carbocycles. The maximum absolute atomic E-state index is 9.25. The Labute approximate surface area is 174 Å². The quantitative estimate of drug-likeness (QED) is 0.681. The van der Waals surface area contributed by atoms with Gasteiger partial charge in [-0.05, 0) is 37.8 Å². The van der Waals surface area contributed by atoms with Gasteiger partial charge in [0.05, 0.1) is 18.7 Å². The van der Waals surface area contributed by atoms with Crippen molar-refractivity contribution in [3.05, 3.63) is 30.2 Å². The SMILES string of the molecule is N#Cc1n[nH]nc1-c1ccc2ncnc(NC3CCC(N4CCOCC4)CC3)c2c1. The number of anilines is 1. The van der Waals surface area contributed by atoms with E-state index >= 15 is 0 Å². The summed E-state index contributed by atoms with van der Waals surface area (Å²) in [5.41, 5.74) is 2.50. The molecular formula is C21H24N8O. The summed E-state index contributed by atoms with van der Waals surface area (Å²) in [7, 11) is 0. The molecule has 2 aromatic heterocycles. The summed E-state index contributed by atoms with van der Waals surface area (Å²) in [6.45, 7) is 3.81. The maximum atomic E-state index is 9.25. The molecule has 9 heteroatoms. The van der Waals surface area contributed by atoms with Gasteiger partial charge in [-0.25, -0.2) is 9.97 Å². The van der Waals surface area contributed by atoms with Gasteiger partial charge in [0.1, 0.15) is 23.9 Å². The molecule has 1 saturated heterocycles. The first-order valence-corrected chi connectivity index (χ1v) is 10.5. The Kier molecular flexibility index (Phi) is 5.26. The van der Waals surface area contributed by atoms with E-state index in [9.17, 15) is 5.26 Å². The number of H-pyrrole nitrogens is 1. The average Bonchev–Trinajstić information content (AvgIpc) is 3.29. The van der Waals surface area contributed by atoms with Crippen LogP contribution in [0.2, 0.25) is 0 Å². The van der Waals surface area contributed by atoms with Crippen LogP contribution in [0, 0.1) is 11.3 Å². The van der Waals surface area contributed by atoms with Gasteiger partial charge in [0, 0.05) is 36.1 Å². The Morgan fingerprint density at radius 2 is 1.93 bits per heavy atom. The van der Waals surface area contributed by atoms with Crippen molar-refractivity contribution in [1.29, 1.82) is 5.26 Å². The Hall–Kier alpha value is -3.09. The van der Waals surface area contributed by atoms with E-state index in [4.69, 9.17) is 4.74 Å². The van der Waals surface area contributed by atoms with Crippen molar-refractivity contribution < 1.29 is 4.74 Å². The highest BCUT2D eigenvalue weighted by Crippen LogP contribution is 2.30. The number of nitrogens with zero attached hydrogens (tertiary/aromatic N) is 6. The Balaban J connectivity index is 1.33. The van der Waals surface area contributed by atoms with Crippen molar-refractivity contribution in [2.24, 2.45) is 0 Å². The average molecular weight is 404 g/mol. The molecule has 2 fully saturated rings. The molecule has 0 atom stereocenters. The van der Waals surface area contributed by atoms with Crippen LogP contribution in [0.5, 0.6) is 0 Å². The van der Waals surface area contributed by atoms with E-state index < -0.39 is 0 Å². The summed E-state index contributed by atoms with van der Waals surface area (Å²) in [5, 5.41) is 24.4. The first-order valence-electron chi connectivity index (χ1n) is 10.5. The first kappa shape index (κ1) is 18.9. The fourth-order valence-corrected chi connectivity index (χ4v) is 4.55. The first-order chi connectivity index (χ1) is 14.8. The number of hydrogen-bond acceptors (Lipinski definition) is 8. The Morgan fingerprint density at radius 1 is 1.10 bits per heavy atom. The molecule has 3 aromatic rings. The Morgan fingerprint density at radius 3 is 2.73 bits per heavy atom. The zero-order valence-electron chi connectivity index (χ0n) is 16.7. The largest absolute Gasteiger partial charge is 0.379 e. The van der Waals surface area contributed by atoms with E-state index in [0.29, 0.717) is 17.8 Å². The highest BCUT2D eigenvalue weighted by molar-refractivity contribution is 5.92. The van der Waals surface area contributed by atoms with Crippen molar-refractivity contribution in [2.45, 2.75) is 37.8 Å². The number of benzene rings is 1. The molecule has 1 aliphatic heterocycles. The number of ether oxygens (including phenoxy) is 1. The number of nitriles is 1. The molecule has 9 nitrogen and oxygen atoms in total. The van der Waals surface area contributed by atoms with Crippen LogP contribution in [-0.4, -0.2) is 68.7 Å². The lowest BCUT2D eigenvalue weighted by atomic mass is 9.90. The zero-order valence-corrected chi connectivity index (χ0v) is 16.7. The van der Waals surface area contributed by atoms with Crippen molar-refractivity contribution in [3.63, 3.8) is 0 Å². The van der Waals surface area contributed by atoms with Gasteiger partial charge in [-0.3, -0.25) is 4.90 Å². The monoisotopic (exact) mass is 404 g/mol. The molecule has 0 radical (unpaired) electrons. The third-order valence-corrected chi connectivity index (χ3v) is 6.16. The molecule has 3 heterocycles. The van der Waals surface area contributed by atoms with E-state index in [1.165, 1.54) is 12.8 Å². The molecule has 30 heavy (non-hydrogen) atoms. The summed E-state index contributed by atoms with van der Waals surface area (Å²) >= 11 is 0. The molecule has 5 rings (SSSR count). The van der Waals surface area contributed by atoms with Crippen LogP contribution >= 0.6 is 0 Å². The van der Waals surface area contributed by atoms with Gasteiger partial charge >= 0.3 is 0 Å². The summed E-state index contributed by atoms with van der Waals surface area (Å²) in [6.07, 6.45) is 6.22. The molecular weight excluding hydrogens is 380 g/mol. The van der Waals surface area contributed by atoms with Gasteiger partial charge in [0.25, 0.3) is 0 Å². The number of aromatic amines is 1. The third kappa shape index (κ3) is 3.72. The molecule has 1 aromatic carbocycles. The van der Waals surface area contributed by atoms with E-state index in [0.717, 1.165) is 61.4 Å². The maximum Gasteiger partial charge on any atom is 0.190 e. The summed E-state index contributed by atoms with van der Waals surface area (Å²) in [5.74, 6) is 0.832. The van der Waals surface area contributed by atoms with Crippen LogP contribution in [0.4, 0.5) is 5.82 Å². The van der Waals surface area contributed by atoms with Crippen LogP contribution in [0.3, 0.4) is 0 Å². The molecule has 0 bridgehead atoms. The predicted molar refractivity (Wildman–Crippen MR) is 112 cm³/mol. The molecule has 0 unspecified atom stereocenters. The Bertz CT molecular complexity index is 1060. The van der Waals surface area contributed by atoms with Crippen molar-refractivity contribution in [1.82, 2.24) is 30.3 Å². The molecule has 2 N–H and O–H groups in total. The van der Waals surface area contributed by atoms with E-state index in [-0.39, 0.29) is 5.69 Å². The lowest BCUT2D eigenvalue weighted by molar-refractivity contribution is 0.00791. The van der Waals surface area contributed by atoms with Gasteiger partial charge in [0.2, 0.25) is 0 Å². The van der Waals surface area contributed by atoms with Gasteiger partial charge in [-0.15, -0.1) is 5.10 Å². The second-order valence-corrected chi connectivity index (χ2v) is 7.88. The van der Waals surface area contributed by atoms with Gasteiger partial charge in [-0.2, -0.15) is 15.6 Å². The van der Waals surface area contributed by atoms with Crippen molar-refractivity contribution in [3.8, 4) is 17.3 Å². The standard InChI is InChI=1S/C21H24N8O/c22-12-19-20(27-28-26-19)14-1-6-18-17(11-14)21(24-13-23-18)25-15-2-4-16(5-3-15)29-7-9-30-10-8-29/h1,6,11,13,15-16H,2-5,7-10H2,(H,23,24,25)(H,26,27,28). The van der Waals surface area contributed by atoms with Crippen LogP contribution in [0.1, 0.15) is 31.4 Å². The fraction of sp³-hybridized carbons (Fsp3) is 0.476. The van der Waals surface area contributed by atoms with Gasteiger partial charge < -0.3 is 10.1 Å². The fourth-order valence-electron chi connectivity index (χ4n) is 4.55. The predicted octanol–water partition coefficient (Wildman–Crippen LogP) is 2.34. The number of aromatic nitrogens is 5. The van der Waals surface area contributed by atoms with Crippen LogP contribution in [0.15, 0.2) is 24.5 Å². The van der Waals surface area contributed by atoms with Gasteiger partial charge in [0.15, 0.2) is 5.69 Å². The van der Waals surface area contributed by atoms with E-state index in [1.807, 2.05) is 18.2 Å². The summed E-state index contributed by atoms with van der Waals surface area (Å²) in [4.78, 5) is 11.5. The number of morpholine rings is 1. The number of nitrogens with one attached hydrogen (secondary N) is 2. The number of fused-ring (bicyclic) bond motifs is 1. The highest BCUT2D eigenvalue weighted by atomic mass is 16.5. The zero-order chi connectivity index (χ0) is 20.3. The molecule has 0 amide bonds. The van der Waals surface area contributed by atoms with Crippen LogP contribution < -0.4 is 5.32 Å². The lowest BCUT2D eigenvalue weighted by Crippen LogP contribution is -2.46. The molecule has 0 spiro atoms. The van der Waals surface area contributed by atoms with E-state index in [2.05, 4.69) is 41.7 Å². The molecule has 2 aliphatic rings. The van der Waals surface area contributed by atoms with Gasteiger partial charge in [-0.1, -0.05) is 6.07 Å². The van der Waals surface area contributed by atoms with Crippen LogP contribution in [-0.2, 0) is 4.74 Å². The minimum atomic E-state index is 0.280. The van der Waals surface area contributed by atoms with Crippen LogP contribution in [0.25, 0.3) is 22.2 Å². The second-order valence-electron chi connectivity index (χ2n) is 7.88. The van der Waals surface area contributed by atoms with E-state index in [1.54, 1.807) is 6.33 Å². The minimum Gasteiger partial charge on any atom is -0.379 e. The topological polar surface area (TPSA) is 116 Å². The normalized spacial score (nSPS) is 22.6. The second kappa shape index (κ2) is 8.34. The lowest BCUT2D eigenvalue weighted by Gasteiger charge is -2.39. The minimum absolute atomic E-state index is 0.280. The molecule has 154 valence electrons. The smallest absolute Gasteiger partial charge is 0.190 e.